The number of carbonyl (C=O) groups excluding carboxylic acids is 3. The Morgan fingerprint density at radius 2 is 1.79 bits per heavy atom. The van der Waals surface area contributed by atoms with Gasteiger partial charge in [-0.25, -0.2) is 4.98 Å². The van der Waals surface area contributed by atoms with E-state index in [2.05, 4.69) is 4.98 Å². The molecule has 6 nitrogen and oxygen atoms in total. The second-order valence-electron chi connectivity index (χ2n) is 7.55. The Morgan fingerprint density at radius 1 is 1.17 bits per heavy atom. The number of Topliss-reactive ketones (excluding diaryl/α,β-unsaturated/α-hetero) is 3. The van der Waals surface area contributed by atoms with E-state index in [1.807, 2.05) is 0 Å². The van der Waals surface area contributed by atoms with Crippen molar-refractivity contribution in [2.45, 2.75) is 45.8 Å². The Morgan fingerprint density at radius 3 is 2.34 bits per heavy atom. The van der Waals surface area contributed by atoms with E-state index in [0.29, 0.717) is 0 Å². The third-order valence-electron chi connectivity index (χ3n) is 4.79. The van der Waals surface area contributed by atoms with Gasteiger partial charge in [-0.15, -0.1) is 0 Å². The molecule has 1 fully saturated rings. The van der Waals surface area contributed by atoms with E-state index in [-0.39, 0.29) is 42.8 Å². The summed E-state index contributed by atoms with van der Waals surface area (Å²) >= 11 is 0. The normalized spacial score (nSPS) is 16.1. The number of rotatable bonds is 4. The number of alkyl halides is 3. The van der Waals surface area contributed by atoms with Crippen LogP contribution in [-0.4, -0.2) is 26.9 Å². The highest BCUT2D eigenvalue weighted by Crippen LogP contribution is 2.34. The number of pyridine rings is 2. The van der Waals surface area contributed by atoms with Gasteiger partial charge in [0.2, 0.25) is 0 Å². The smallest absolute Gasteiger partial charge is 0.298 e. The number of hydrogen-bond acceptors (Lipinski definition) is 5. The van der Waals surface area contributed by atoms with Crippen molar-refractivity contribution in [3.8, 4) is 0 Å². The van der Waals surface area contributed by atoms with Crippen molar-refractivity contribution in [3.05, 3.63) is 39.8 Å². The van der Waals surface area contributed by atoms with Crippen molar-refractivity contribution in [1.29, 1.82) is 0 Å². The van der Waals surface area contributed by atoms with E-state index in [0.717, 1.165) is 10.6 Å². The van der Waals surface area contributed by atoms with E-state index < -0.39 is 46.3 Å². The lowest BCUT2D eigenvalue weighted by Gasteiger charge is -2.21. The Bertz CT molecular complexity index is 1050. The third kappa shape index (κ3) is 3.99. The largest absolute Gasteiger partial charge is 0.434 e. The van der Waals surface area contributed by atoms with E-state index >= 15 is 0 Å². The fraction of sp³-hybridized carbons (Fsp3) is 0.450. The number of carbonyl (C=O) groups is 3. The molecule has 2 heterocycles. The molecule has 2 aromatic heterocycles. The number of hydrogen-bond donors (Lipinski definition) is 0. The van der Waals surface area contributed by atoms with Crippen LogP contribution < -0.4 is 5.56 Å². The highest BCUT2D eigenvalue weighted by atomic mass is 19.4. The van der Waals surface area contributed by atoms with Crippen molar-refractivity contribution < 1.29 is 27.6 Å². The molecule has 9 heteroatoms. The Labute approximate surface area is 163 Å². The Kier molecular flexibility index (Phi) is 5.42. The highest BCUT2D eigenvalue weighted by molar-refractivity contribution is 6.25. The molecule has 1 saturated carbocycles. The summed E-state index contributed by atoms with van der Waals surface area (Å²) in [7, 11) is 0. The quantitative estimate of drug-likeness (QED) is 0.573. The molecule has 0 amide bonds. The van der Waals surface area contributed by atoms with Gasteiger partial charge in [0.05, 0.1) is 5.56 Å². The topological polar surface area (TPSA) is 86.1 Å². The van der Waals surface area contributed by atoms with E-state index in [9.17, 15) is 32.3 Å². The molecule has 1 aliphatic rings. The lowest BCUT2D eigenvalue weighted by molar-refractivity contribution is -0.142. The molecule has 29 heavy (non-hydrogen) atoms. The van der Waals surface area contributed by atoms with Crippen molar-refractivity contribution in [2.24, 2.45) is 11.8 Å². The fourth-order valence-electron chi connectivity index (χ4n) is 3.51. The molecule has 0 bridgehead atoms. The number of ketones is 3. The maximum atomic E-state index is 13.7. The summed E-state index contributed by atoms with van der Waals surface area (Å²) in [6.07, 6.45) is -4.78. The van der Waals surface area contributed by atoms with Gasteiger partial charge in [0.25, 0.3) is 5.56 Å². The van der Waals surface area contributed by atoms with E-state index in [1.165, 1.54) is 12.1 Å². The zero-order valence-electron chi connectivity index (χ0n) is 15.9. The summed E-state index contributed by atoms with van der Waals surface area (Å²) < 4.78 is 42.3. The van der Waals surface area contributed by atoms with Gasteiger partial charge in [-0.3, -0.25) is 23.7 Å². The van der Waals surface area contributed by atoms with Crippen LogP contribution >= 0.6 is 0 Å². The van der Waals surface area contributed by atoms with Gasteiger partial charge >= 0.3 is 6.18 Å². The Balaban J connectivity index is 2.25. The number of fused-ring (bicyclic) bond motifs is 1. The minimum atomic E-state index is -5.01. The van der Waals surface area contributed by atoms with Gasteiger partial charge in [-0.05, 0) is 24.5 Å². The summed E-state index contributed by atoms with van der Waals surface area (Å²) in [6.45, 7) is 3.75. The summed E-state index contributed by atoms with van der Waals surface area (Å²) in [4.78, 5) is 52.7. The monoisotopic (exact) mass is 408 g/mol. The summed E-state index contributed by atoms with van der Waals surface area (Å²) in [5.41, 5.74) is -3.03. The molecule has 0 aliphatic heterocycles. The van der Waals surface area contributed by atoms with Gasteiger partial charge in [0, 0.05) is 30.8 Å². The van der Waals surface area contributed by atoms with E-state index in [4.69, 9.17) is 0 Å². The van der Waals surface area contributed by atoms with Gasteiger partial charge in [-0.2, -0.15) is 13.2 Å². The molecule has 0 aromatic carbocycles. The first-order valence-corrected chi connectivity index (χ1v) is 9.22. The van der Waals surface area contributed by atoms with Gasteiger partial charge in [0.15, 0.2) is 23.0 Å². The molecule has 154 valence electrons. The number of nitrogens with zero attached hydrogens (tertiary/aromatic N) is 2. The van der Waals surface area contributed by atoms with Crippen molar-refractivity contribution in [2.75, 3.05) is 0 Å². The predicted molar refractivity (Wildman–Crippen MR) is 97.5 cm³/mol. The van der Waals surface area contributed by atoms with Crippen LogP contribution in [0.15, 0.2) is 23.0 Å². The van der Waals surface area contributed by atoms with Crippen LogP contribution in [0.5, 0.6) is 0 Å². The molecule has 3 rings (SSSR count). The second-order valence-corrected chi connectivity index (χ2v) is 7.55. The molecular formula is C20H19F3N2O4. The van der Waals surface area contributed by atoms with Crippen LogP contribution in [0.2, 0.25) is 0 Å². The van der Waals surface area contributed by atoms with Crippen molar-refractivity contribution in [1.82, 2.24) is 9.55 Å². The average Bonchev–Trinajstić information content (AvgIpc) is 2.61. The van der Waals surface area contributed by atoms with Crippen LogP contribution in [0.1, 0.15) is 49.2 Å². The van der Waals surface area contributed by atoms with Crippen LogP contribution in [0.3, 0.4) is 0 Å². The second kappa shape index (κ2) is 7.53. The molecule has 0 atom stereocenters. The molecule has 0 saturated heterocycles. The first-order valence-electron chi connectivity index (χ1n) is 9.22. The molecular weight excluding hydrogens is 389 g/mol. The first-order chi connectivity index (χ1) is 13.5. The molecule has 0 N–H and O–H groups in total. The standard InChI is InChI=1S/C20H19F3N2O4/c1-10(2)9-25-15(28)7-6-11-8-12(18(20(21,22)23)24-19(11)25)17(29)16-13(26)4-3-5-14(16)27/h6-8,10,16H,3-5,9H2,1-2H3. The number of aromatic nitrogens is 2. The van der Waals surface area contributed by atoms with E-state index in [1.54, 1.807) is 13.8 Å². The molecule has 2 aromatic rings. The average molecular weight is 408 g/mol. The SMILES string of the molecule is CC(C)Cn1c(=O)ccc2cc(C(=O)C3C(=O)CCCC3=O)c(C(F)(F)F)nc21. The van der Waals surface area contributed by atoms with Crippen LogP contribution in [-0.2, 0) is 22.3 Å². The third-order valence-corrected chi connectivity index (χ3v) is 4.79. The highest BCUT2D eigenvalue weighted by Gasteiger charge is 2.43. The van der Waals surface area contributed by atoms with Crippen LogP contribution in [0, 0.1) is 11.8 Å². The predicted octanol–water partition coefficient (Wildman–Crippen LogP) is 3.19. The summed E-state index contributed by atoms with van der Waals surface area (Å²) in [5.74, 6) is -4.31. The lowest BCUT2D eigenvalue weighted by Crippen LogP contribution is -2.36. The molecule has 1 aliphatic carbocycles. The van der Waals surface area contributed by atoms with Crippen molar-refractivity contribution in [3.63, 3.8) is 0 Å². The van der Waals surface area contributed by atoms with Gasteiger partial charge in [-0.1, -0.05) is 13.8 Å². The zero-order chi connectivity index (χ0) is 21.5. The molecule has 0 spiro atoms. The first kappa shape index (κ1) is 20.9. The minimum absolute atomic E-state index is 0.0293. The summed E-state index contributed by atoms with van der Waals surface area (Å²) in [5, 5.41) is 0.150. The zero-order valence-corrected chi connectivity index (χ0v) is 15.9. The lowest BCUT2D eigenvalue weighted by atomic mass is 9.81. The maximum Gasteiger partial charge on any atom is 0.434 e. The van der Waals surface area contributed by atoms with Gasteiger partial charge < -0.3 is 0 Å². The minimum Gasteiger partial charge on any atom is -0.298 e. The van der Waals surface area contributed by atoms with Crippen LogP contribution in [0.25, 0.3) is 11.0 Å². The van der Waals surface area contributed by atoms with Crippen LogP contribution in [0.4, 0.5) is 13.2 Å². The molecule has 0 unspecified atom stereocenters. The maximum absolute atomic E-state index is 13.7. The molecule has 0 radical (unpaired) electrons. The fourth-order valence-corrected chi connectivity index (χ4v) is 3.51. The Hall–Kier alpha value is -2.84. The number of halogens is 3. The summed E-state index contributed by atoms with van der Waals surface area (Å²) in [6, 6.07) is 3.44. The van der Waals surface area contributed by atoms with Gasteiger partial charge in [0.1, 0.15) is 11.6 Å². The van der Waals surface area contributed by atoms with Crippen molar-refractivity contribution >= 4 is 28.4 Å².